The van der Waals surface area contributed by atoms with Crippen LogP contribution in [0.15, 0.2) is 30.3 Å². The zero-order valence-corrected chi connectivity index (χ0v) is 12.9. The van der Waals surface area contributed by atoms with Gasteiger partial charge in [0.2, 0.25) is 0 Å². The van der Waals surface area contributed by atoms with Crippen LogP contribution in [0.1, 0.15) is 26.3 Å². The maximum atomic E-state index is 10.8. The largest absolute Gasteiger partial charge is 0.506 e. The molecule has 0 amide bonds. The summed E-state index contributed by atoms with van der Waals surface area (Å²) in [5, 5.41) is 8.85. The number of hydrogen-bond donors (Lipinski definition) is 1. The van der Waals surface area contributed by atoms with Crippen LogP contribution in [0, 0.1) is 0 Å². The number of hydrogen-bond acceptors (Lipinski definition) is 4. The lowest BCUT2D eigenvalue weighted by Gasteiger charge is -2.34. The van der Waals surface area contributed by atoms with Gasteiger partial charge in [0.1, 0.15) is 6.10 Å². The van der Waals surface area contributed by atoms with Crippen LogP contribution in [-0.4, -0.2) is 43.8 Å². The molecule has 0 aliphatic rings. The summed E-state index contributed by atoms with van der Waals surface area (Å²) in [6.45, 7) is 7.61. The van der Waals surface area contributed by atoms with Crippen molar-refractivity contribution >= 4 is 6.16 Å². The van der Waals surface area contributed by atoms with Crippen LogP contribution in [0.2, 0.25) is 0 Å². The molecule has 0 spiro atoms. The molecular weight excluding hydrogens is 272 g/mol. The van der Waals surface area contributed by atoms with Gasteiger partial charge in [-0.3, -0.25) is 0 Å². The van der Waals surface area contributed by atoms with Crippen LogP contribution in [0.3, 0.4) is 0 Å². The Balaban J connectivity index is 2.77. The molecule has 0 saturated heterocycles. The first-order chi connectivity index (χ1) is 10.0. The Morgan fingerprint density at radius 3 is 2.43 bits per heavy atom. The van der Waals surface area contributed by atoms with Crippen LogP contribution in [0.5, 0.6) is 0 Å². The molecule has 0 aromatic heterocycles. The highest BCUT2D eigenvalue weighted by Crippen LogP contribution is 2.30. The van der Waals surface area contributed by atoms with Crippen molar-refractivity contribution in [1.82, 2.24) is 0 Å². The summed E-state index contributed by atoms with van der Waals surface area (Å²) in [5.41, 5.74) is 0.432. The van der Waals surface area contributed by atoms with Gasteiger partial charge in [0, 0.05) is 6.61 Å². The van der Waals surface area contributed by atoms with Gasteiger partial charge in [0.15, 0.2) is 0 Å². The Kier molecular flexibility index (Phi) is 7.19. The molecule has 0 fully saturated rings. The molecule has 5 heteroatoms. The molecule has 2 unspecified atom stereocenters. The van der Waals surface area contributed by atoms with Crippen LogP contribution < -0.4 is 0 Å². The second-order valence-corrected chi connectivity index (χ2v) is 5.06. The molecule has 1 N–H and O–H groups in total. The Morgan fingerprint density at radius 2 is 1.86 bits per heavy atom. The highest BCUT2D eigenvalue weighted by atomic mass is 16.7. The minimum atomic E-state index is -1.28. The van der Waals surface area contributed by atoms with Crippen LogP contribution in [-0.2, 0) is 19.6 Å². The van der Waals surface area contributed by atoms with E-state index in [2.05, 4.69) is 0 Å². The lowest BCUT2D eigenvalue weighted by molar-refractivity contribution is -0.0225. The van der Waals surface area contributed by atoms with Gasteiger partial charge in [-0.2, -0.15) is 0 Å². The van der Waals surface area contributed by atoms with E-state index in [0.29, 0.717) is 26.4 Å². The molecule has 21 heavy (non-hydrogen) atoms. The quantitative estimate of drug-likeness (QED) is 0.560. The molecule has 0 radical (unpaired) electrons. The molecule has 0 aliphatic heterocycles. The summed E-state index contributed by atoms with van der Waals surface area (Å²) in [5.74, 6) is 0. The monoisotopic (exact) mass is 296 g/mol. The van der Waals surface area contributed by atoms with Crippen molar-refractivity contribution in [2.24, 2.45) is 0 Å². The van der Waals surface area contributed by atoms with E-state index in [9.17, 15) is 4.79 Å². The Labute approximate surface area is 125 Å². The van der Waals surface area contributed by atoms with Crippen molar-refractivity contribution in [3.8, 4) is 0 Å². The van der Waals surface area contributed by atoms with E-state index in [1.807, 2.05) is 44.2 Å². The lowest BCUT2D eigenvalue weighted by Crippen LogP contribution is -2.42. The molecule has 118 valence electrons. The van der Waals surface area contributed by atoms with Crippen molar-refractivity contribution in [2.45, 2.75) is 32.3 Å². The van der Waals surface area contributed by atoms with Crippen molar-refractivity contribution in [1.29, 1.82) is 0 Å². The highest BCUT2D eigenvalue weighted by Gasteiger charge is 2.36. The van der Waals surface area contributed by atoms with E-state index in [1.165, 1.54) is 0 Å². The predicted octanol–water partition coefficient (Wildman–Crippen LogP) is 3.08. The maximum Gasteiger partial charge on any atom is 0.506 e. The molecule has 1 rings (SSSR count). The zero-order valence-electron chi connectivity index (χ0n) is 12.9. The van der Waals surface area contributed by atoms with Gasteiger partial charge >= 0.3 is 6.16 Å². The Bertz CT molecular complexity index is 420. The molecule has 0 heterocycles. The minimum Gasteiger partial charge on any atom is -0.450 e. The lowest BCUT2D eigenvalue weighted by atomic mass is 9.78. The van der Waals surface area contributed by atoms with Gasteiger partial charge in [-0.25, -0.2) is 4.79 Å². The normalized spacial score (nSPS) is 15.2. The van der Waals surface area contributed by atoms with Gasteiger partial charge in [-0.15, -0.1) is 0 Å². The second kappa shape index (κ2) is 8.64. The average Bonchev–Trinajstić information content (AvgIpc) is 2.47. The zero-order chi connectivity index (χ0) is 15.7. The van der Waals surface area contributed by atoms with Gasteiger partial charge in [-0.1, -0.05) is 30.3 Å². The third kappa shape index (κ3) is 5.36. The van der Waals surface area contributed by atoms with E-state index in [1.54, 1.807) is 6.92 Å². The van der Waals surface area contributed by atoms with E-state index in [0.717, 1.165) is 5.56 Å². The van der Waals surface area contributed by atoms with Crippen LogP contribution in [0.4, 0.5) is 4.79 Å². The summed E-state index contributed by atoms with van der Waals surface area (Å²) >= 11 is 0. The fraction of sp³-hybridized carbons (Fsp3) is 0.562. The SMILES string of the molecule is CCOCCOCC(C)(c1ccccc1)C(C)OC(=O)O. The second-order valence-electron chi connectivity index (χ2n) is 5.06. The standard InChI is InChI=1S/C16H24O5/c1-4-19-10-11-20-12-16(3,13(2)21-15(17)18)14-8-6-5-7-9-14/h5-9,13H,4,10-12H2,1-3H3,(H,17,18). The average molecular weight is 296 g/mol. The number of carbonyl (C=O) groups is 1. The maximum absolute atomic E-state index is 10.8. The summed E-state index contributed by atoms with van der Waals surface area (Å²) in [6, 6.07) is 9.66. The molecule has 0 bridgehead atoms. The fourth-order valence-electron chi connectivity index (χ4n) is 2.08. The minimum absolute atomic E-state index is 0.360. The summed E-state index contributed by atoms with van der Waals surface area (Å²) in [6.07, 6.45) is -1.80. The fourth-order valence-corrected chi connectivity index (χ4v) is 2.08. The first-order valence-corrected chi connectivity index (χ1v) is 7.11. The summed E-state index contributed by atoms with van der Waals surface area (Å²) in [7, 11) is 0. The van der Waals surface area contributed by atoms with E-state index >= 15 is 0 Å². The van der Waals surface area contributed by atoms with Gasteiger partial charge < -0.3 is 19.3 Å². The number of ether oxygens (including phenoxy) is 3. The highest BCUT2D eigenvalue weighted by molar-refractivity contribution is 5.57. The third-order valence-electron chi connectivity index (χ3n) is 3.59. The Hall–Kier alpha value is -1.59. The van der Waals surface area contributed by atoms with E-state index < -0.39 is 17.7 Å². The van der Waals surface area contributed by atoms with Crippen molar-refractivity contribution in [3.63, 3.8) is 0 Å². The molecule has 1 aromatic rings. The predicted molar refractivity (Wildman–Crippen MR) is 79.7 cm³/mol. The molecule has 1 aromatic carbocycles. The van der Waals surface area contributed by atoms with Crippen molar-refractivity contribution < 1.29 is 24.1 Å². The molecule has 2 atom stereocenters. The van der Waals surface area contributed by atoms with Crippen LogP contribution in [0.25, 0.3) is 0 Å². The van der Waals surface area contributed by atoms with Crippen molar-refractivity contribution in [2.75, 3.05) is 26.4 Å². The van der Waals surface area contributed by atoms with Gasteiger partial charge in [0.25, 0.3) is 0 Å². The summed E-state index contributed by atoms with van der Waals surface area (Å²) < 4.78 is 15.8. The molecule has 0 aliphatic carbocycles. The topological polar surface area (TPSA) is 65.0 Å². The number of benzene rings is 1. The van der Waals surface area contributed by atoms with Gasteiger partial charge in [-0.05, 0) is 26.3 Å². The number of carboxylic acid groups (broad SMARTS) is 1. The molecule has 5 nitrogen and oxygen atoms in total. The smallest absolute Gasteiger partial charge is 0.450 e. The molecular formula is C16H24O5. The first kappa shape index (κ1) is 17.5. The van der Waals surface area contributed by atoms with Gasteiger partial charge in [0.05, 0.1) is 25.2 Å². The summed E-state index contributed by atoms with van der Waals surface area (Å²) in [4.78, 5) is 10.8. The first-order valence-electron chi connectivity index (χ1n) is 7.11. The number of rotatable bonds is 9. The molecule has 0 saturated carbocycles. The van der Waals surface area contributed by atoms with E-state index in [-0.39, 0.29) is 0 Å². The van der Waals surface area contributed by atoms with E-state index in [4.69, 9.17) is 19.3 Å². The van der Waals surface area contributed by atoms with Crippen LogP contribution >= 0.6 is 0 Å². The van der Waals surface area contributed by atoms with Crippen molar-refractivity contribution in [3.05, 3.63) is 35.9 Å². The Morgan fingerprint density at radius 1 is 1.24 bits per heavy atom. The third-order valence-corrected chi connectivity index (χ3v) is 3.59.